The van der Waals surface area contributed by atoms with Gasteiger partial charge in [0, 0.05) is 37.9 Å². The maximum Gasteiger partial charge on any atom is 0.344 e. The second kappa shape index (κ2) is 8.84. The van der Waals surface area contributed by atoms with E-state index in [2.05, 4.69) is 30.9 Å². The average molecular weight is 443 g/mol. The van der Waals surface area contributed by atoms with Crippen molar-refractivity contribution < 1.29 is 13.2 Å². The number of hydrogen-bond donors (Lipinski definition) is 3. The molecule has 4 rings (SSSR count). The van der Waals surface area contributed by atoms with E-state index < -0.39 is 10.2 Å². The van der Waals surface area contributed by atoms with Crippen LogP contribution < -0.4 is 20.5 Å². The topological polar surface area (TPSA) is 122 Å². The number of hydrogen-bond acceptors (Lipinski definition) is 7. The van der Waals surface area contributed by atoms with Crippen molar-refractivity contribution in [3.05, 3.63) is 66.3 Å². The van der Waals surface area contributed by atoms with Crippen LogP contribution in [-0.2, 0) is 16.8 Å². The molecule has 0 unspecified atom stereocenters. The average Bonchev–Trinajstić information content (AvgIpc) is 2.76. The van der Waals surface area contributed by atoms with Crippen LogP contribution in [0.1, 0.15) is 24.0 Å². The Bertz CT molecular complexity index is 1090. The van der Waals surface area contributed by atoms with Gasteiger partial charge >= 0.3 is 10.2 Å². The Kier molecular flexibility index (Phi) is 5.99. The highest BCUT2D eigenvalue weighted by molar-refractivity contribution is 7.91. The SMILES string of the molecule is C=C(NCc1ccncc1)N1CCC[C@H](COc2cccc3c2C(N)=NS(=O)(=O)N3)C1. The van der Waals surface area contributed by atoms with Crippen LogP contribution >= 0.6 is 0 Å². The second-order valence-corrected chi connectivity index (χ2v) is 8.99. The minimum Gasteiger partial charge on any atom is -0.492 e. The second-order valence-electron chi connectivity index (χ2n) is 7.65. The molecule has 9 nitrogen and oxygen atoms in total. The van der Waals surface area contributed by atoms with Crippen molar-refractivity contribution in [3.63, 3.8) is 0 Å². The number of nitrogens with one attached hydrogen (secondary N) is 2. The highest BCUT2D eigenvalue weighted by Gasteiger charge is 2.26. The Morgan fingerprint density at radius 1 is 1.32 bits per heavy atom. The van der Waals surface area contributed by atoms with Crippen LogP contribution in [0.4, 0.5) is 5.69 Å². The van der Waals surface area contributed by atoms with Gasteiger partial charge in [-0.3, -0.25) is 9.71 Å². The number of rotatable bonds is 7. The predicted molar refractivity (Wildman–Crippen MR) is 120 cm³/mol. The van der Waals surface area contributed by atoms with Crippen LogP contribution in [-0.4, -0.2) is 43.8 Å². The van der Waals surface area contributed by atoms with Gasteiger partial charge in [-0.2, -0.15) is 8.42 Å². The molecule has 3 heterocycles. The summed E-state index contributed by atoms with van der Waals surface area (Å²) in [5.41, 5.74) is 7.90. The summed E-state index contributed by atoms with van der Waals surface area (Å²) in [6, 6.07) is 9.09. The van der Waals surface area contributed by atoms with Crippen LogP contribution in [0.3, 0.4) is 0 Å². The summed E-state index contributed by atoms with van der Waals surface area (Å²) in [6.45, 7) is 7.15. The molecule has 2 aliphatic heterocycles. The summed E-state index contributed by atoms with van der Waals surface area (Å²) in [7, 11) is -3.81. The van der Waals surface area contributed by atoms with E-state index in [4.69, 9.17) is 10.5 Å². The van der Waals surface area contributed by atoms with Gasteiger partial charge in [-0.15, -0.1) is 4.40 Å². The fourth-order valence-electron chi connectivity index (χ4n) is 3.81. The molecule has 2 aliphatic rings. The Morgan fingerprint density at radius 2 is 2.13 bits per heavy atom. The third-order valence-corrected chi connectivity index (χ3v) is 6.28. The summed E-state index contributed by atoms with van der Waals surface area (Å²) in [5, 5.41) is 3.38. The molecule has 1 atom stereocenters. The molecule has 1 aromatic carbocycles. The van der Waals surface area contributed by atoms with Gasteiger partial charge in [0.25, 0.3) is 0 Å². The predicted octanol–water partition coefficient (Wildman–Crippen LogP) is 1.81. The molecule has 0 amide bonds. The van der Waals surface area contributed by atoms with Crippen LogP contribution in [0.5, 0.6) is 5.75 Å². The molecular weight excluding hydrogens is 416 g/mol. The van der Waals surface area contributed by atoms with Gasteiger partial charge in [0.2, 0.25) is 0 Å². The first kappa shape index (κ1) is 21.0. The van der Waals surface area contributed by atoms with Gasteiger partial charge in [-0.05, 0) is 42.7 Å². The van der Waals surface area contributed by atoms with Crippen molar-refractivity contribution in [2.75, 3.05) is 24.4 Å². The van der Waals surface area contributed by atoms with Gasteiger partial charge < -0.3 is 20.7 Å². The lowest BCUT2D eigenvalue weighted by Crippen LogP contribution is -2.40. The number of ether oxygens (including phenoxy) is 1. The minimum atomic E-state index is -3.81. The molecule has 0 radical (unpaired) electrons. The molecule has 0 aliphatic carbocycles. The van der Waals surface area contributed by atoms with Crippen LogP contribution in [0.25, 0.3) is 0 Å². The highest BCUT2D eigenvalue weighted by atomic mass is 32.2. The zero-order chi connectivity index (χ0) is 21.8. The van der Waals surface area contributed by atoms with Crippen molar-refractivity contribution >= 4 is 21.7 Å². The number of nitrogens with zero attached hydrogens (tertiary/aromatic N) is 3. The van der Waals surface area contributed by atoms with Gasteiger partial charge in [0.1, 0.15) is 5.75 Å². The summed E-state index contributed by atoms with van der Waals surface area (Å²) in [5.74, 6) is 1.66. The number of anilines is 1. The summed E-state index contributed by atoms with van der Waals surface area (Å²) < 4.78 is 35.5. The first-order chi connectivity index (χ1) is 14.9. The molecule has 10 heteroatoms. The smallest absolute Gasteiger partial charge is 0.344 e. The van der Waals surface area contributed by atoms with Gasteiger partial charge in [-0.1, -0.05) is 12.6 Å². The molecule has 4 N–H and O–H groups in total. The van der Waals surface area contributed by atoms with Crippen LogP contribution in [0, 0.1) is 5.92 Å². The van der Waals surface area contributed by atoms with E-state index in [1.54, 1.807) is 30.6 Å². The van der Waals surface area contributed by atoms with E-state index in [1.165, 1.54) is 0 Å². The van der Waals surface area contributed by atoms with Gasteiger partial charge in [-0.25, -0.2) is 0 Å². The maximum absolute atomic E-state index is 11.7. The zero-order valence-corrected chi connectivity index (χ0v) is 17.9. The molecule has 0 saturated carbocycles. The van der Waals surface area contributed by atoms with Crippen LogP contribution in [0.2, 0.25) is 0 Å². The molecular formula is C21H26N6O3S. The number of amidine groups is 1. The largest absolute Gasteiger partial charge is 0.492 e. The van der Waals surface area contributed by atoms with Crippen LogP contribution in [0.15, 0.2) is 59.5 Å². The molecule has 164 valence electrons. The number of likely N-dealkylation sites (tertiary alicyclic amines) is 1. The van der Waals surface area contributed by atoms with Crippen molar-refractivity contribution in [1.29, 1.82) is 0 Å². The maximum atomic E-state index is 11.7. The Labute approximate surface area is 182 Å². The molecule has 1 saturated heterocycles. The normalized spacial score (nSPS) is 19.5. The molecule has 0 spiro atoms. The lowest BCUT2D eigenvalue weighted by Gasteiger charge is -2.35. The standard InChI is InChI=1S/C21H26N6O3S/c1-15(24-12-16-7-9-23-10-8-16)27-11-3-4-17(13-27)14-30-19-6-2-5-18-20(19)21(22)26-31(28,29)25-18/h2,5-10,17,24-25H,1,3-4,11-14H2,(H2,22,26)/t17-/m0/s1. The zero-order valence-electron chi connectivity index (χ0n) is 17.1. The first-order valence-corrected chi connectivity index (χ1v) is 11.6. The number of benzene rings is 1. The number of fused-ring (bicyclic) bond motifs is 1. The van der Waals surface area contributed by atoms with E-state index in [1.807, 2.05) is 12.1 Å². The van der Waals surface area contributed by atoms with Crippen molar-refractivity contribution in [1.82, 2.24) is 15.2 Å². The van der Waals surface area contributed by atoms with Gasteiger partial charge in [0.05, 0.1) is 23.7 Å². The minimum absolute atomic E-state index is 0.0664. The number of aromatic nitrogens is 1. The summed E-state index contributed by atoms with van der Waals surface area (Å²) in [6.07, 6.45) is 5.64. The third kappa shape index (κ3) is 5.08. The van der Waals surface area contributed by atoms with Crippen molar-refractivity contribution in [2.45, 2.75) is 19.4 Å². The lowest BCUT2D eigenvalue weighted by molar-refractivity contribution is 0.149. The number of nitrogens with two attached hydrogens (primary N) is 1. The molecule has 1 aromatic heterocycles. The Hall–Kier alpha value is -3.27. The third-order valence-electron chi connectivity index (χ3n) is 5.36. The first-order valence-electron chi connectivity index (χ1n) is 10.1. The number of piperidine rings is 1. The Morgan fingerprint density at radius 3 is 2.94 bits per heavy atom. The lowest BCUT2D eigenvalue weighted by atomic mass is 9.99. The summed E-state index contributed by atoms with van der Waals surface area (Å²) in [4.78, 5) is 6.27. The fraction of sp³-hybridized carbons (Fsp3) is 0.333. The summed E-state index contributed by atoms with van der Waals surface area (Å²) >= 11 is 0. The molecule has 2 aromatic rings. The van der Waals surface area contributed by atoms with E-state index in [9.17, 15) is 8.42 Å². The Balaban J connectivity index is 1.35. The quantitative estimate of drug-likeness (QED) is 0.598. The molecule has 0 bridgehead atoms. The van der Waals surface area contributed by atoms with E-state index in [0.29, 0.717) is 36.1 Å². The van der Waals surface area contributed by atoms with E-state index in [0.717, 1.165) is 37.3 Å². The van der Waals surface area contributed by atoms with Crippen molar-refractivity contribution in [3.8, 4) is 5.75 Å². The van der Waals surface area contributed by atoms with Crippen molar-refractivity contribution in [2.24, 2.45) is 16.0 Å². The molecule has 1 fully saturated rings. The van der Waals surface area contributed by atoms with E-state index in [-0.39, 0.29) is 5.84 Å². The van der Waals surface area contributed by atoms with E-state index >= 15 is 0 Å². The van der Waals surface area contributed by atoms with Gasteiger partial charge in [0.15, 0.2) is 5.84 Å². The highest BCUT2D eigenvalue weighted by Crippen LogP contribution is 2.31. The molecule has 31 heavy (non-hydrogen) atoms. The number of pyridine rings is 1. The fourth-order valence-corrected chi connectivity index (χ4v) is 4.65. The monoisotopic (exact) mass is 442 g/mol.